The van der Waals surface area contributed by atoms with Gasteiger partial charge in [0.15, 0.2) is 17.1 Å². The second-order valence-electron chi connectivity index (χ2n) is 6.79. The number of halogens is 1. The average Bonchev–Trinajstić information content (AvgIpc) is 3.36. The highest BCUT2D eigenvalue weighted by atomic mass is 35.5. The van der Waals surface area contributed by atoms with Gasteiger partial charge in [-0.25, -0.2) is 14.5 Å². The lowest BCUT2D eigenvalue weighted by atomic mass is 10.1. The SMILES string of the molecule is Cc1nn(Cc2ccc(-c3nc4c5cnn(C)c5ncn4n3)cc2)c(C)c1Cl. The molecule has 0 spiro atoms. The van der Waals surface area contributed by atoms with Gasteiger partial charge in [0.2, 0.25) is 0 Å². The minimum absolute atomic E-state index is 0.652. The molecule has 0 atom stereocenters. The maximum absolute atomic E-state index is 6.24. The summed E-state index contributed by atoms with van der Waals surface area (Å²) < 4.78 is 5.33. The highest BCUT2D eigenvalue weighted by molar-refractivity contribution is 6.31. The lowest BCUT2D eigenvalue weighted by molar-refractivity contribution is 0.659. The van der Waals surface area contributed by atoms with Crippen molar-refractivity contribution in [2.24, 2.45) is 7.05 Å². The number of rotatable bonds is 3. The topological polar surface area (TPSA) is 78.7 Å². The van der Waals surface area contributed by atoms with Gasteiger partial charge < -0.3 is 0 Å². The van der Waals surface area contributed by atoms with Crippen molar-refractivity contribution in [3.05, 3.63) is 58.8 Å². The number of aryl methyl sites for hydroxylation is 2. The van der Waals surface area contributed by atoms with E-state index in [4.69, 9.17) is 16.6 Å². The fraction of sp³-hybridized carbons (Fsp3) is 0.211. The van der Waals surface area contributed by atoms with E-state index in [9.17, 15) is 0 Å². The summed E-state index contributed by atoms with van der Waals surface area (Å²) in [5.74, 6) is 0.652. The smallest absolute Gasteiger partial charge is 0.182 e. The Balaban J connectivity index is 1.48. The maximum Gasteiger partial charge on any atom is 0.182 e. The summed E-state index contributed by atoms with van der Waals surface area (Å²) in [6, 6.07) is 8.16. The Hall–Kier alpha value is -3.26. The molecule has 0 fully saturated rings. The van der Waals surface area contributed by atoms with E-state index in [-0.39, 0.29) is 0 Å². The molecule has 0 saturated carbocycles. The number of hydrogen-bond donors (Lipinski definition) is 0. The van der Waals surface area contributed by atoms with Gasteiger partial charge in [-0.15, -0.1) is 5.10 Å². The quantitative estimate of drug-likeness (QED) is 0.471. The van der Waals surface area contributed by atoms with Crippen LogP contribution in [0.15, 0.2) is 36.8 Å². The van der Waals surface area contributed by atoms with Crippen LogP contribution in [0.25, 0.3) is 28.1 Å². The van der Waals surface area contributed by atoms with Crippen LogP contribution >= 0.6 is 11.6 Å². The summed E-state index contributed by atoms with van der Waals surface area (Å²) in [6.07, 6.45) is 3.43. The molecule has 28 heavy (non-hydrogen) atoms. The lowest BCUT2D eigenvalue weighted by Crippen LogP contribution is -2.03. The predicted molar refractivity (Wildman–Crippen MR) is 106 cm³/mol. The van der Waals surface area contributed by atoms with Crippen LogP contribution in [-0.4, -0.2) is 39.1 Å². The van der Waals surface area contributed by atoms with E-state index in [1.807, 2.05) is 37.7 Å². The first kappa shape index (κ1) is 16.9. The van der Waals surface area contributed by atoms with Crippen molar-refractivity contribution in [1.29, 1.82) is 0 Å². The Kier molecular flexibility index (Phi) is 3.70. The van der Waals surface area contributed by atoms with E-state index in [0.717, 1.165) is 44.2 Å². The van der Waals surface area contributed by atoms with Crippen LogP contribution < -0.4 is 0 Å². The normalized spacial score (nSPS) is 11.7. The zero-order chi connectivity index (χ0) is 19.4. The van der Waals surface area contributed by atoms with Crippen molar-refractivity contribution in [3.8, 4) is 11.4 Å². The van der Waals surface area contributed by atoms with Crippen molar-refractivity contribution in [2.75, 3.05) is 0 Å². The zero-order valence-electron chi connectivity index (χ0n) is 15.6. The van der Waals surface area contributed by atoms with Gasteiger partial charge in [0.25, 0.3) is 0 Å². The number of hydrogen-bond acceptors (Lipinski definition) is 5. The molecule has 0 saturated heterocycles. The summed E-state index contributed by atoms with van der Waals surface area (Å²) in [5, 5.41) is 14.9. The summed E-state index contributed by atoms with van der Waals surface area (Å²) in [7, 11) is 1.86. The summed E-state index contributed by atoms with van der Waals surface area (Å²) in [5.41, 5.74) is 5.42. The molecular formula is C19H17ClN8. The molecule has 4 aromatic heterocycles. The first-order valence-corrected chi connectivity index (χ1v) is 9.21. The van der Waals surface area contributed by atoms with Crippen molar-refractivity contribution in [3.63, 3.8) is 0 Å². The predicted octanol–water partition coefficient (Wildman–Crippen LogP) is 3.19. The van der Waals surface area contributed by atoms with Crippen LogP contribution in [0, 0.1) is 13.8 Å². The van der Waals surface area contributed by atoms with Gasteiger partial charge in [0.1, 0.15) is 6.33 Å². The summed E-state index contributed by atoms with van der Waals surface area (Å²) in [6.45, 7) is 4.56. The molecule has 0 aliphatic heterocycles. The third-order valence-electron chi connectivity index (χ3n) is 4.91. The summed E-state index contributed by atoms with van der Waals surface area (Å²) >= 11 is 6.24. The minimum atomic E-state index is 0.652. The molecule has 0 bridgehead atoms. The van der Waals surface area contributed by atoms with E-state index in [0.29, 0.717) is 12.4 Å². The second-order valence-corrected chi connectivity index (χ2v) is 7.17. The van der Waals surface area contributed by atoms with Gasteiger partial charge in [-0.1, -0.05) is 35.9 Å². The van der Waals surface area contributed by atoms with Crippen LogP contribution in [-0.2, 0) is 13.6 Å². The average molecular weight is 393 g/mol. The molecule has 1 aromatic carbocycles. The Labute approximate surface area is 165 Å². The zero-order valence-corrected chi connectivity index (χ0v) is 16.4. The van der Waals surface area contributed by atoms with Crippen molar-refractivity contribution < 1.29 is 0 Å². The van der Waals surface area contributed by atoms with Gasteiger partial charge >= 0.3 is 0 Å². The van der Waals surface area contributed by atoms with Crippen LogP contribution in [0.5, 0.6) is 0 Å². The summed E-state index contributed by atoms with van der Waals surface area (Å²) in [4.78, 5) is 9.09. The standard InChI is InChI=1S/C19H17ClN8/c1-11-16(20)12(2)27(24-11)9-13-4-6-14(7-5-13)17-23-19-15-8-22-26(3)18(15)21-10-28(19)25-17/h4-8,10H,9H2,1-3H3. The van der Waals surface area contributed by atoms with E-state index in [1.165, 1.54) is 0 Å². The molecule has 0 N–H and O–H groups in total. The number of benzene rings is 1. The number of aromatic nitrogens is 8. The number of nitrogens with zero attached hydrogens (tertiary/aromatic N) is 8. The molecule has 5 rings (SSSR count). The van der Waals surface area contributed by atoms with Gasteiger partial charge in [0.05, 0.1) is 34.5 Å². The first-order valence-electron chi connectivity index (χ1n) is 8.83. The van der Waals surface area contributed by atoms with E-state index in [1.54, 1.807) is 21.7 Å². The van der Waals surface area contributed by atoms with Crippen LogP contribution in [0.2, 0.25) is 5.02 Å². The van der Waals surface area contributed by atoms with Gasteiger partial charge in [0, 0.05) is 12.6 Å². The molecule has 0 aliphatic carbocycles. The molecule has 9 heteroatoms. The molecule has 5 aromatic rings. The van der Waals surface area contributed by atoms with Crippen molar-refractivity contribution >= 4 is 28.3 Å². The number of fused-ring (bicyclic) bond motifs is 3. The second kappa shape index (κ2) is 6.13. The Morgan fingerprint density at radius 2 is 1.82 bits per heavy atom. The largest absolute Gasteiger partial charge is 0.264 e. The highest BCUT2D eigenvalue weighted by Gasteiger charge is 2.13. The molecule has 4 heterocycles. The van der Waals surface area contributed by atoms with Crippen LogP contribution in [0.4, 0.5) is 0 Å². The Bertz CT molecular complexity index is 1330. The van der Waals surface area contributed by atoms with Crippen LogP contribution in [0.1, 0.15) is 17.0 Å². The monoisotopic (exact) mass is 392 g/mol. The molecule has 0 unspecified atom stereocenters. The van der Waals surface area contributed by atoms with Gasteiger partial charge in [-0.3, -0.25) is 9.36 Å². The fourth-order valence-electron chi connectivity index (χ4n) is 3.32. The molecule has 0 amide bonds. The Morgan fingerprint density at radius 3 is 2.54 bits per heavy atom. The van der Waals surface area contributed by atoms with E-state index >= 15 is 0 Å². The van der Waals surface area contributed by atoms with E-state index in [2.05, 4.69) is 32.4 Å². The molecule has 0 aliphatic rings. The van der Waals surface area contributed by atoms with Gasteiger partial charge in [-0.2, -0.15) is 10.2 Å². The third-order valence-corrected chi connectivity index (χ3v) is 5.45. The maximum atomic E-state index is 6.24. The van der Waals surface area contributed by atoms with Crippen LogP contribution in [0.3, 0.4) is 0 Å². The Morgan fingerprint density at radius 1 is 1.04 bits per heavy atom. The molecule has 140 valence electrons. The lowest BCUT2D eigenvalue weighted by Gasteiger charge is -2.05. The third kappa shape index (κ3) is 2.56. The molecular weight excluding hydrogens is 376 g/mol. The minimum Gasteiger partial charge on any atom is -0.264 e. The molecule has 8 nitrogen and oxygen atoms in total. The van der Waals surface area contributed by atoms with Gasteiger partial charge in [-0.05, 0) is 19.4 Å². The van der Waals surface area contributed by atoms with Crippen molar-refractivity contribution in [2.45, 2.75) is 20.4 Å². The first-order chi connectivity index (χ1) is 13.5. The van der Waals surface area contributed by atoms with E-state index < -0.39 is 0 Å². The fourth-order valence-corrected chi connectivity index (χ4v) is 3.46. The van der Waals surface area contributed by atoms with Crippen molar-refractivity contribution in [1.82, 2.24) is 39.1 Å². The highest BCUT2D eigenvalue weighted by Crippen LogP contribution is 2.23. The molecule has 0 radical (unpaired) electrons.